The second-order valence-corrected chi connectivity index (χ2v) is 15.7. The van der Waals surface area contributed by atoms with Crippen LogP contribution in [0.3, 0.4) is 0 Å². The summed E-state index contributed by atoms with van der Waals surface area (Å²) in [5.41, 5.74) is 1.72. The lowest BCUT2D eigenvalue weighted by Gasteiger charge is -2.40. The van der Waals surface area contributed by atoms with E-state index in [2.05, 4.69) is 10.5 Å². The molecule has 2 atom stereocenters. The van der Waals surface area contributed by atoms with Crippen LogP contribution in [0.4, 0.5) is 13.6 Å². The molecule has 1 aliphatic heterocycles. The molecule has 0 spiro atoms. The predicted molar refractivity (Wildman–Crippen MR) is 203 cm³/mol. The Bertz CT molecular complexity index is 2030. The molecule has 1 N–H and O–H groups in total. The maximum Gasteiger partial charge on any atom is 0.410 e. The number of rotatable bonds is 12. The quantitative estimate of drug-likeness (QED) is 0.142. The van der Waals surface area contributed by atoms with Crippen LogP contribution in [-0.2, 0) is 34.0 Å². The summed E-state index contributed by atoms with van der Waals surface area (Å²) < 4.78 is 45.3. The van der Waals surface area contributed by atoms with Gasteiger partial charge >= 0.3 is 6.09 Å². The van der Waals surface area contributed by atoms with E-state index < -0.39 is 34.3 Å². The molecule has 3 aromatic carbocycles. The van der Waals surface area contributed by atoms with Gasteiger partial charge in [-0.05, 0) is 93.0 Å². The fourth-order valence-corrected chi connectivity index (χ4v) is 7.10. The molecule has 2 heterocycles. The molecule has 3 amide bonds. The van der Waals surface area contributed by atoms with E-state index >= 15 is 0 Å². The zero-order valence-electron chi connectivity index (χ0n) is 31.2. The Morgan fingerprint density at radius 2 is 1.73 bits per heavy atom. The number of nitrogens with one attached hydrogen (secondary N) is 1. The lowest BCUT2D eigenvalue weighted by atomic mass is 9.79. The van der Waals surface area contributed by atoms with E-state index in [0.29, 0.717) is 43.2 Å². The van der Waals surface area contributed by atoms with E-state index in [1.54, 1.807) is 30.0 Å². The lowest BCUT2D eigenvalue weighted by molar-refractivity contribution is -0.139. The van der Waals surface area contributed by atoms with Crippen molar-refractivity contribution in [1.29, 1.82) is 0 Å². The number of nitrogens with zero attached hydrogens (tertiary/aromatic N) is 3. The van der Waals surface area contributed by atoms with Crippen LogP contribution in [0.15, 0.2) is 65.2 Å². The molecule has 0 bridgehead atoms. The molecule has 14 heteroatoms. The molecule has 1 aliphatic carbocycles. The fraction of sp³-hybridized carbons (Fsp3) is 0.415. The Balaban J connectivity index is 1.20. The van der Waals surface area contributed by atoms with Crippen LogP contribution < -0.4 is 10.1 Å². The molecule has 292 valence electrons. The molecule has 0 radical (unpaired) electrons. The van der Waals surface area contributed by atoms with E-state index in [1.165, 1.54) is 6.07 Å². The molecule has 2 aliphatic rings. The molecule has 55 heavy (non-hydrogen) atoms. The maximum absolute atomic E-state index is 14.7. The van der Waals surface area contributed by atoms with Gasteiger partial charge in [0.05, 0.1) is 16.5 Å². The summed E-state index contributed by atoms with van der Waals surface area (Å²) >= 11 is 12.7. The SMILES string of the molecule is CCC(=O)NCc1ccc(Cl)c(CN(C(=O)C2CN(C(=O)OC(C)(C)C)CCC2c2ccc(OCc3cc(-c4c(F)ccc(F)c4Cl)no3)cc2)C2CC2)c1. The molecule has 1 saturated carbocycles. The summed E-state index contributed by atoms with van der Waals surface area (Å²) in [5.74, 6) is -1.63. The number of halogens is 4. The fourth-order valence-electron chi connectivity index (χ4n) is 6.67. The van der Waals surface area contributed by atoms with E-state index in [1.807, 2.05) is 49.9 Å². The lowest BCUT2D eigenvalue weighted by Crippen LogP contribution is -2.51. The molecule has 1 aromatic heterocycles. The van der Waals surface area contributed by atoms with E-state index in [4.69, 9.17) is 37.2 Å². The number of benzene rings is 3. The van der Waals surface area contributed by atoms with Crippen molar-refractivity contribution in [3.8, 4) is 17.0 Å². The Labute approximate surface area is 329 Å². The number of hydrogen-bond acceptors (Lipinski definition) is 7. The third-order valence-corrected chi connectivity index (χ3v) is 10.4. The normalized spacial score (nSPS) is 17.1. The summed E-state index contributed by atoms with van der Waals surface area (Å²) in [6, 6.07) is 16.4. The van der Waals surface area contributed by atoms with Gasteiger partial charge in [-0.25, -0.2) is 13.6 Å². The second kappa shape index (κ2) is 17.0. The van der Waals surface area contributed by atoms with Gasteiger partial charge in [0, 0.05) is 49.7 Å². The average molecular weight is 798 g/mol. The Kier molecular flexibility index (Phi) is 12.4. The minimum atomic E-state index is -0.775. The topological polar surface area (TPSA) is 114 Å². The Morgan fingerprint density at radius 1 is 1.00 bits per heavy atom. The van der Waals surface area contributed by atoms with Gasteiger partial charge in [-0.15, -0.1) is 0 Å². The van der Waals surface area contributed by atoms with E-state index in [-0.39, 0.29) is 53.9 Å². The van der Waals surface area contributed by atoms with E-state index in [9.17, 15) is 23.2 Å². The molecule has 2 fully saturated rings. The maximum atomic E-state index is 14.7. The number of amides is 3. The largest absolute Gasteiger partial charge is 0.486 e. The van der Waals surface area contributed by atoms with Crippen molar-refractivity contribution in [1.82, 2.24) is 20.3 Å². The Morgan fingerprint density at radius 3 is 2.42 bits per heavy atom. The van der Waals surface area contributed by atoms with Crippen molar-refractivity contribution in [3.63, 3.8) is 0 Å². The van der Waals surface area contributed by atoms with Crippen LogP contribution in [0.5, 0.6) is 5.75 Å². The first-order chi connectivity index (χ1) is 26.2. The number of ether oxygens (including phenoxy) is 2. The highest BCUT2D eigenvalue weighted by atomic mass is 35.5. The van der Waals surface area contributed by atoms with E-state index in [0.717, 1.165) is 41.7 Å². The zero-order valence-corrected chi connectivity index (χ0v) is 32.7. The van der Waals surface area contributed by atoms with Gasteiger partial charge in [0.15, 0.2) is 5.76 Å². The zero-order chi connectivity index (χ0) is 39.4. The number of aromatic nitrogens is 1. The molecule has 10 nitrogen and oxygen atoms in total. The van der Waals surface area contributed by atoms with Crippen LogP contribution in [0, 0.1) is 17.6 Å². The molecule has 6 rings (SSSR count). The summed E-state index contributed by atoms with van der Waals surface area (Å²) in [5, 5.41) is 6.87. The first-order valence-corrected chi connectivity index (χ1v) is 19.1. The monoisotopic (exact) mass is 796 g/mol. The molecule has 2 unspecified atom stereocenters. The van der Waals surface area contributed by atoms with Crippen molar-refractivity contribution >= 4 is 41.1 Å². The number of likely N-dealkylation sites (tertiary alicyclic amines) is 1. The van der Waals surface area contributed by atoms with Crippen molar-refractivity contribution in [2.75, 3.05) is 13.1 Å². The molecular formula is C41H44Cl2F2N4O6. The third-order valence-electron chi connectivity index (χ3n) is 9.66. The summed E-state index contributed by atoms with van der Waals surface area (Å²) in [7, 11) is 0. The van der Waals surface area contributed by atoms with Crippen molar-refractivity contribution in [3.05, 3.63) is 105 Å². The standard InChI is InChI=1S/C41H44Cl2F2N4O6/c1-5-36(50)46-20-24-6-13-32(42)26(18-24)21-49(27-9-10-27)39(51)31-22-48(40(52)54-41(2,3)4)17-16-30(31)25-7-11-28(12-8-25)53-23-29-19-35(47-55-29)37-33(44)14-15-34(45)38(37)43/h6-8,11-15,18-19,27,30-31H,5,9-10,16-17,20-23H2,1-4H3,(H,46,50). The molecule has 1 saturated heterocycles. The van der Waals surface area contributed by atoms with Crippen LogP contribution in [0.25, 0.3) is 11.3 Å². The second-order valence-electron chi connectivity index (χ2n) is 14.9. The minimum Gasteiger partial charge on any atom is -0.486 e. The van der Waals surface area contributed by atoms with Gasteiger partial charge in [0.2, 0.25) is 11.8 Å². The van der Waals surface area contributed by atoms with Gasteiger partial charge in [0.25, 0.3) is 0 Å². The van der Waals surface area contributed by atoms with Gasteiger partial charge in [-0.2, -0.15) is 0 Å². The first-order valence-electron chi connectivity index (χ1n) is 18.3. The van der Waals surface area contributed by atoms with Crippen molar-refractivity contribution < 1.29 is 37.2 Å². The van der Waals surface area contributed by atoms with Gasteiger partial charge in [-0.3, -0.25) is 9.59 Å². The van der Waals surface area contributed by atoms with Gasteiger partial charge in [-0.1, -0.05) is 59.5 Å². The smallest absolute Gasteiger partial charge is 0.410 e. The average Bonchev–Trinajstić information content (AvgIpc) is 3.90. The highest BCUT2D eigenvalue weighted by Gasteiger charge is 2.43. The summed E-state index contributed by atoms with van der Waals surface area (Å²) in [4.78, 5) is 43.4. The van der Waals surface area contributed by atoms with Crippen LogP contribution in [0.1, 0.15) is 81.7 Å². The highest BCUT2D eigenvalue weighted by molar-refractivity contribution is 6.33. The van der Waals surface area contributed by atoms with Crippen LogP contribution >= 0.6 is 23.2 Å². The van der Waals surface area contributed by atoms with Gasteiger partial charge in [0.1, 0.15) is 35.3 Å². The number of carbonyl (C=O) groups is 3. The number of piperidine rings is 1. The summed E-state index contributed by atoms with van der Waals surface area (Å²) in [6.45, 7) is 8.42. The first kappa shape index (κ1) is 40.0. The minimum absolute atomic E-state index is 0.0403. The third kappa shape index (κ3) is 9.96. The molecular weight excluding hydrogens is 753 g/mol. The highest BCUT2D eigenvalue weighted by Crippen LogP contribution is 2.39. The van der Waals surface area contributed by atoms with Crippen LogP contribution in [-0.4, -0.2) is 57.6 Å². The van der Waals surface area contributed by atoms with Crippen molar-refractivity contribution in [2.24, 2.45) is 5.92 Å². The van der Waals surface area contributed by atoms with Gasteiger partial charge < -0.3 is 29.1 Å². The van der Waals surface area contributed by atoms with Crippen molar-refractivity contribution in [2.45, 2.75) is 90.6 Å². The number of hydrogen-bond donors (Lipinski definition) is 1. The van der Waals surface area contributed by atoms with Crippen LogP contribution in [0.2, 0.25) is 10.0 Å². The predicted octanol–water partition coefficient (Wildman–Crippen LogP) is 9.06. The number of carbonyl (C=O) groups excluding carboxylic acids is 3. The summed E-state index contributed by atoms with van der Waals surface area (Å²) in [6.07, 6.45) is 2.18. The Hall–Kier alpha value is -4.68. The molecule has 4 aromatic rings.